The summed E-state index contributed by atoms with van der Waals surface area (Å²) in [5.41, 5.74) is 7.80. The monoisotopic (exact) mass is 250 g/mol. The normalized spacial score (nSPS) is 10.3. The smallest absolute Gasteiger partial charge is 0.161 e. The Morgan fingerprint density at radius 2 is 2.11 bits per heavy atom. The van der Waals surface area contributed by atoms with Gasteiger partial charge >= 0.3 is 0 Å². The Bertz CT molecular complexity index is 391. The summed E-state index contributed by atoms with van der Waals surface area (Å²) in [6.07, 6.45) is 3.30. The van der Waals surface area contributed by atoms with Crippen LogP contribution in [0.5, 0.6) is 0 Å². The van der Waals surface area contributed by atoms with Crippen LogP contribution in [0.15, 0.2) is 18.2 Å². The average molecular weight is 250 g/mol. The molecule has 0 saturated carbocycles. The SMILES string of the molecule is COCCCCCNc1ccc(N)c(C(C)=O)c1. The predicted octanol–water partition coefficient (Wildman–Crippen LogP) is 2.70. The first-order chi connectivity index (χ1) is 8.65. The van der Waals surface area contributed by atoms with Gasteiger partial charge in [-0.1, -0.05) is 0 Å². The van der Waals surface area contributed by atoms with E-state index in [-0.39, 0.29) is 5.78 Å². The lowest BCUT2D eigenvalue weighted by Gasteiger charge is -2.09. The van der Waals surface area contributed by atoms with E-state index in [1.807, 2.05) is 12.1 Å². The third-order valence-electron chi connectivity index (χ3n) is 2.79. The zero-order chi connectivity index (χ0) is 13.4. The third-order valence-corrected chi connectivity index (χ3v) is 2.79. The molecule has 0 fully saturated rings. The van der Waals surface area contributed by atoms with E-state index in [9.17, 15) is 4.79 Å². The number of Topliss-reactive ketones (excluding diaryl/α,β-unsaturated/α-hetero) is 1. The van der Waals surface area contributed by atoms with Crippen molar-refractivity contribution in [3.05, 3.63) is 23.8 Å². The maximum Gasteiger partial charge on any atom is 0.161 e. The number of nitrogens with one attached hydrogen (secondary N) is 1. The molecule has 0 unspecified atom stereocenters. The standard InChI is InChI=1S/C14H22N2O2/c1-11(17)13-10-12(6-7-14(13)15)16-8-4-3-5-9-18-2/h6-7,10,16H,3-5,8-9,15H2,1-2H3. The van der Waals surface area contributed by atoms with Gasteiger partial charge in [-0.05, 0) is 44.4 Å². The van der Waals surface area contributed by atoms with Gasteiger partial charge in [-0.2, -0.15) is 0 Å². The fraction of sp³-hybridized carbons (Fsp3) is 0.500. The molecule has 0 heterocycles. The maximum absolute atomic E-state index is 11.3. The quantitative estimate of drug-likeness (QED) is 0.423. The van der Waals surface area contributed by atoms with Crippen LogP contribution in [0.2, 0.25) is 0 Å². The zero-order valence-corrected chi connectivity index (χ0v) is 11.2. The number of ketones is 1. The van der Waals surface area contributed by atoms with Crippen LogP contribution in [0.1, 0.15) is 36.5 Å². The molecule has 1 rings (SSSR count). The molecular formula is C14H22N2O2. The highest BCUT2D eigenvalue weighted by Crippen LogP contribution is 2.18. The molecule has 0 aromatic heterocycles. The minimum atomic E-state index is -0.00348. The molecule has 0 spiro atoms. The minimum Gasteiger partial charge on any atom is -0.398 e. The van der Waals surface area contributed by atoms with Crippen molar-refractivity contribution < 1.29 is 9.53 Å². The highest BCUT2D eigenvalue weighted by molar-refractivity contribution is 5.99. The fourth-order valence-corrected chi connectivity index (χ4v) is 1.75. The first-order valence-electron chi connectivity index (χ1n) is 6.28. The van der Waals surface area contributed by atoms with Crippen molar-refractivity contribution in [1.82, 2.24) is 0 Å². The summed E-state index contributed by atoms with van der Waals surface area (Å²) in [5.74, 6) is -0.00348. The largest absolute Gasteiger partial charge is 0.398 e. The van der Waals surface area contributed by atoms with Crippen molar-refractivity contribution >= 4 is 17.2 Å². The number of unbranched alkanes of at least 4 members (excludes halogenated alkanes) is 2. The predicted molar refractivity (Wildman–Crippen MR) is 75.1 cm³/mol. The van der Waals surface area contributed by atoms with Crippen LogP contribution >= 0.6 is 0 Å². The first-order valence-corrected chi connectivity index (χ1v) is 6.28. The number of carbonyl (C=O) groups is 1. The first kappa shape index (κ1) is 14.5. The van der Waals surface area contributed by atoms with E-state index in [1.54, 1.807) is 13.2 Å². The number of hydrogen-bond donors (Lipinski definition) is 2. The second-order valence-corrected chi connectivity index (χ2v) is 4.34. The Balaban J connectivity index is 2.38. The molecule has 1 aromatic rings. The molecule has 0 bridgehead atoms. The topological polar surface area (TPSA) is 64.3 Å². The van der Waals surface area contributed by atoms with E-state index >= 15 is 0 Å². The Morgan fingerprint density at radius 1 is 1.33 bits per heavy atom. The third kappa shape index (κ3) is 4.75. The molecule has 0 aliphatic heterocycles. The highest BCUT2D eigenvalue weighted by atomic mass is 16.5. The second-order valence-electron chi connectivity index (χ2n) is 4.34. The lowest BCUT2D eigenvalue weighted by molar-refractivity contribution is 0.101. The Labute approximate surface area is 109 Å². The highest BCUT2D eigenvalue weighted by Gasteiger charge is 2.05. The van der Waals surface area contributed by atoms with Crippen molar-refractivity contribution in [3.63, 3.8) is 0 Å². The van der Waals surface area contributed by atoms with Crippen molar-refractivity contribution in [2.24, 2.45) is 0 Å². The molecule has 4 nitrogen and oxygen atoms in total. The summed E-state index contributed by atoms with van der Waals surface area (Å²) in [5, 5.41) is 3.30. The summed E-state index contributed by atoms with van der Waals surface area (Å²) < 4.78 is 4.99. The summed E-state index contributed by atoms with van der Waals surface area (Å²) in [6, 6.07) is 5.48. The molecule has 0 aliphatic carbocycles. The Hall–Kier alpha value is -1.55. The molecule has 0 saturated heterocycles. The van der Waals surface area contributed by atoms with E-state index in [0.717, 1.165) is 38.1 Å². The molecule has 0 amide bonds. The number of hydrogen-bond acceptors (Lipinski definition) is 4. The van der Waals surface area contributed by atoms with Crippen LogP contribution in [0.3, 0.4) is 0 Å². The van der Waals surface area contributed by atoms with Gasteiger partial charge in [0.15, 0.2) is 5.78 Å². The minimum absolute atomic E-state index is 0.00348. The summed E-state index contributed by atoms with van der Waals surface area (Å²) >= 11 is 0. The lowest BCUT2D eigenvalue weighted by atomic mass is 10.1. The maximum atomic E-state index is 11.3. The number of carbonyl (C=O) groups excluding carboxylic acids is 1. The van der Waals surface area contributed by atoms with E-state index in [2.05, 4.69) is 5.32 Å². The number of methoxy groups -OCH3 is 1. The molecule has 18 heavy (non-hydrogen) atoms. The summed E-state index contributed by atoms with van der Waals surface area (Å²) in [7, 11) is 1.72. The molecule has 0 aliphatic rings. The van der Waals surface area contributed by atoms with Crippen molar-refractivity contribution in [3.8, 4) is 0 Å². The Morgan fingerprint density at radius 3 is 2.78 bits per heavy atom. The number of rotatable bonds is 8. The lowest BCUT2D eigenvalue weighted by Crippen LogP contribution is -2.05. The van der Waals surface area contributed by atoms with Crippen molar-refractivity contribution in [2.75, 3.05) is 31.3 Å². The summed E-state index contributed by atoms with van der Waals surface area (Å²) in [6.45, 7) is 3.24. The van der Waals surface area contributed by atoms with E-state index in [4.69, 9.17) is 10.5 Å². The number of anilines is 2. The number of ether oxygens (including phenoxy) is 1. The molecule has 3 N–H and O–H groups in total. The molecular weight excluding hydrogens is 228 g/mol. The van der Waals surface area contributed by atoms with Crippen molar-refractivity contribution in [1.29, 1.82) is 0 Å². The van der Waals surface area contributed by atoms with E-state index in [0.29, 0.717) is 11.3 Å². The van der Waals surface area contributed by atoms with Gasteiger partial charge in [-0.15, -0.1) is 0 Å². The van der Waals surface area contributed by atoms with Crippen LogP contribution < -0.4 is 11.1 Å². The van der Waals surface area contributed by atoms with Gasteiger partial charge in [0, 0.05) is 37.2 Å². The van der Waals surface area contributed by atoms with Gasteiger partial charge in [0.1, 0.15) is 0 Å². The van der Waals surface area contributed by atoms with Gasteiger partial charge in [0.25, 0.3) is 0 Å². The van der Waals surface area contributed by atoms with Crippen LogP contribution in [-0.4, -0.2) is 26.0 Å². The van der Waals surface area contributed by atoms with Crippen LogP contribution in [0.25, 0.3) is 0 Å². The molecule has 0 radical (unpaired) electrons. The number of nitrogen functional groups attached to an aromatic ring is 1. The van der Waals surface area contributed by atoms with Gasteiger partial charge in [0.05, 0.1) is 0 Å². The molecule has 4 heteroatoms. The van der Waals surface area contributed by atoms with Crippen LogP contribution in [0, 0.1) is 0 Å². The van der Waals surface area contributed by atoms with E-state index < -0.39 is 0 Å². The fourth-order valence-electron chi connectivity index (χ4n) is 1.75. The second kappa shape index (κ2) is 7.71. The van der Waals surface area contributed by atoms with Gasteiger partial charge in [0.2, 0.25) is 0 Å². The number of nitrogens with two attached hydrogens (primary N) is 1. The van der Waals surface area contributed by atoms with E-state index in [1.165, 1.54) is 6.92 Å². The van der Waals surface area contributed by atoms with Gasteiger partial charge in [-0.3, -0.25) is 4.79 Å². The van der Waals surface area contributed by atoms with Gasteiger partial charge < -0.3 is 15.8 Å². The average Bonchev–Trinajstić information content (AvgIpc) is 2.35. The van der Waals surface area contributed by atoms with Crippen molar-refractivity contribution in [2.45, 2.75) is 26.2 Å². The molecule has 100 valence electrons. The van der Waals surface area contributed by atoms with Gasteiger partial charge in [-0.25, -0.2) is 0 Å². The van der Waals surface area contributed by atoms with Crippen LogP contribution in [0.4, 0.5) is 11.4 Å². The zero-order valence-electron chi connectivity index (χ0n) is 11.2. The molecule has 1 aromatic carbocycles. The number of benzene rings is 1. The Kier molecular flexibility index (Phi) is 6.22. The van der Waals surface area contributed by atoms with Crippen LogP contribution in [-0.2, 0) is 4.74 Å². The molecule has 0 atom stereocenters. The summed E-state index contributed by atoms with van der Waals surface area (Å²) in [4.78, 5) is 11.3.